The van der Waals surface area contributed by atoms with Crippen molar-refractivity contribution in [2.24, 2.45) is 17.8 Å². The van der Waals surface area contributed by atoms with Gasteiger partial charge in [-0.25, -0.2) is 0 Å². The predicted octanol–water partition coefficient (Wildman–Crippen LogP) is 2.35. The van der Waals surface area contributed by atoms with E-state index in [-0.39, 0.29) is 30.8 Å². The van der Waals surface area contributed by atoms with Crippen molar-refractivity contribution in [1.82, 2.24) is 9.80 Å². The number of hydrogen-bond donors (Lipinski definition) is 5. The van der Waals surface area contributed by atoms with Crippen molar-refractivity contribution in [3.63, 3.8) is 0 Å². The maximum absolute atomic E-state index is 13.1. The first kappa shape index (κ1) is 40.1. The van der Waals surface area contributed by atoms with E-state index >= 15 is 0 Å². The fourth-order valence-corrected chi connectivity index (χ4v) is 6.43. The van der Waals surface area contributed by atoms with Crippen LogP contribution < -0.4 is 0 Å². The number of hydrogen-bond acceptors (Lipinski definition) is 11. The minimum atomic E-state index is -1.53. The molecule has 11 nitrogen and oxygen atoms in total. The highest BCUT2D eigenvalue weighted by Gasteiger charge is 2.46. The molecule has 0 aromatic rings. The zero-order chi connectivity index (χ0) is 33.2. The molecule has 1 saturated heterocycles. The molecule has 1 heterocycles. The second kappa shape index (κ2) is 18.3. The van der Waals surface area contributed by atoms with E-state index in [2.05, 4.69) is 9.80 Å². The summed E-state index contributed by atoms with van der Waals surface area (Å²) in [6.45, 7) is 20.4. The first-order valence-electron chi connectivity index (χ1n) is 16.4. The zero-order valence-corrected chi connectivity index (χ0v) is 28.6. The molecule has 1 aliphatic heterocycles. The molecule has 1 aliphatic rings. The maximum Gasteiger partial charge on any atom is 0.313 e. The Bertz CT molecular complexity index is 797. The van der Waals surface area contributed by atoms with Crippen LogP contribution in [-0.4, -0.2) is 129 Å². The van der Waals surface area contributed by atoms with Gasteiger partial charge in [-0.3, -0.25) is 9.69 Å². The zero-order valence-electron chi connectivity index (χ0n) is 28.6. The average Bonchev–Trinajstić information content (AvgIpc) is 2.96. The second-order valence-electron chi connectivity index (χ2n) is 13.1. The normalized spacial score (nSPS) is 28.4. The van der Waals surface area contributed by atoms with Crippen LogP contribution in [0.4, 0.5) is 0 Å². The molecule has 43 heavy (non-hydrogen) atoms. The van der Waals surface area contributed by atoms with Crippen molar-refractivity contribution in [2.75, 3.05) is 26.7 Å². The molecule has 5 N–H and O–H groups in total. The molecule has 0 radical (unpaired) electrons. The Morgan fingerprint density at radius 3 is 2.14 bits per heavy atom. The van der Waals surface area contributed by atoms with Crippen LogP contribution >= 0.6 is 0 Å². The average molecular weight is 621 g/mol. The number of esters is 1. The number of nitrogens with zero attached hydrogens (tertiary/aromatic N) is 2. The lowest BCUT2D eigenvalue weighted by atomic mass is 9.78. The molecule has 1 rings (SSSR count). The number of carbonyl (C=O) groups is 1. The van der Waals surface area contributed by atoms with E-state index < -0.39 is 66.5 Å². The summed E-state index contributed by atoms with van der Waals surface area (Å²) in [6, 6.07) is -0.274. The van der Waals surface area contributed by atoms with Gasteiger partial charge in [0.1, 0.15) is 0 Å². The number of likely N-dealkylation sites (N-methyl/N-ethyl adjacent to an activating group) is 2. The Kier molecular flexibility index (Phi) is 17.1. The van der Waals surface area contributed by atoms with Crippen LogP contribution in [0.2, 0.25) is 0 Å². The van der Waals surface area contributed by atoms with Gasteiger partial charge in [-0.2, -0.15) is 0 Å². The standard InChI is InChI=1S/C32H64N2O9/c1-12-25(35)22(8)33(11)18-19(5)17-32(10,40)30(38)20(6)29(21(7)31(39)42-26(36)13-2)43-27-16-24(34(14-3)15-4)28(37)23(9)41-27/h19-30,35-38,40H,12-18H2,1-11H3/t19-,20+,21-,22-,23?,24?,25+,26-,27+,28-,29+,30-,32?/m1/s1. The summed E-state index contributed by atoms with van der Waals surface area (Å²) in [6.07, 6.45) is -4.46. The lowest BCUT2D eigenvalue weighted by Gasteiger charge is -2.45. The first-order chi connectivity index (χ1) is 19.9. The molecule has 0 amide bonds. The highest BCUT2D eigenvalue weighted by Crippen LogP contribution is 2.34. The monoisotopic (exact) mass is 620 g/mol. The largest absolute Gasteiger partial charge is 0.436 e. The molecule has 11 heteroatoms. The highest BCUT2D eigenvalue weighted by atomic mass is 16.7. The minimum absolute atomic E-state index is 0.0198. The first-order valence-corrected chi connectivity index (χ1v) is 16.4. The number of aliphatic hydroxyl groups excluding tert-OH is 4. The van der Waals surface area contributed by atoms with Crippen molar-refractivity contribution >= 4 is 5.97 Å². The highest BCUT2D eigenvalue weighted by molar-refractivity contribution is 5.72. The number of aliphatic hydroxyl groups is 5. The van der Waals surface area contributed by atoms with Crippen LogP contribution in [0.15, 0.2) is 0 Å². The van der Waals surface area contributed by atoms with Gasteiger partial charge in [0.15, 0.2) is 12.6 Å². The molecule has 3 unspecified atom stereocenters. The van der Waals surface area contributed by atoms with Gasteiger partial charge >= 0.3 is 5.97 Å². The minimum Gasteiger partial charge on any atom is -0.436 e. The summed E-state index contributed by atoms with van der Waals surface area (Å²) in [4.78, 5) is 17.3. The van der Waals surface area contributed by atoms with Crippen molar-refractivity contribution in [3.05, 3.63) is 0 Å². The van der Waals surface area contributed by atoms with E-state index in [0.717, 1.165) is 13.1 Å². The molecule has 0 aliphatic carbocycles. The summed E-state index contributed by atoms with van der Waals surface area (Å²) < 4.78 is 17.7. The fraction of sp³-hybridized carbons (Fsp3) is 0.969. The van der Waals surface area contributed by atoms with Crippen LogP contribution in [0.1, 0.15) is 94.9 Å². The van der Waals surface area contributed by atoms with Crippen LogP contribution in [0.3, 0.4) is 0 Å². The molecule has 13 atom stereocenters. The van der Waals surface area contributed by atoms with E-state index in [4.69, 9.17) is 14.2 Å². The van der Waals surface area contributed by atoms with Crippen molar-refractivity contribution in [1.29, 1.82) is 0 Å². The molecule has 256 valence electrons. The van der Waals surface area contributed by atoms with Crippen molar-refractivity contribution in [3.8, 4) is 0 Å². The SMILES string of the molecule is CC[C@H](O)OC(=O)[C@H](C)[C@@H](O[C@H]1CC(N(CC)CC)[C@H](O)C(C)O1)[C@H](C)[C@@H](O)C(C)(O)C[C@@H](C)CN(C)[C@H](C)[C@@H](O)CC. The Balaban J connectivity index is 3.21. The van der Waals surface area contributed by atoms with Crippen molar-refractivity contribution in [2.45, 2.75) is 156 Å². The Hall–Kier alpha value is -0.890. The van der Waals surface area contributed by atoms with Gasteiger partial charge < -0.3 is 44.6 Å². The van der Waals surface area contributed by atoms with Gasteiger partial charge in [0.2, 0.25) is 0 Å². The quantitative estimate of drug-likeness (QED) is 0.107. The van der Waals surface area contributed by atoms with Gasteiger partial charge in [-0.1, -0.05) is 41.5 Å². The van der Waals surface area contributed by atoms with Gasteiger partial charge in [-0.15, -0.1) is 0 Å². The van der Waals surface area contributed by atoms with Gasteiger partial charge in [-0.05, 0) is 66.6 Å². The second-order valence-corrected chi connectivity index (χ2v) is 13.1. The Morgan fingerprint density at radius 1 is 1.05 bits per heavy atom. The maximum atomic E-state index is 13.1. The van der Waals surface area contributed by atoms with Gasteiger partial charge in [0.05, 0.1) is 42.0 Å². The topological polar surface area (TPSA) is 152 Å². The van der Waals surface area contributed by atoms with E-state index in [1.807, 2.05) is 41.7 Å². The van der Waals surface area contributed by atoms with Gasteiger partial charge in [0.25, 0.3) is 0 Å². The van der Waals surface area contributed by atoms with E-state index in [9.17, 15) is 30.3 Å². The third-order valence-corrected chi connectivity index (χ3v) is 9.42. The van der Waals surface area contributed by atoms with E-state index in [1.165, 1.54) is 0 Å². The summed E-state index contributed by atoms with van der Waals surface area (Å²) in [5.41, 5.74) is -1.53. The third kappa shape index (κ3) is 11.4. The molecular formula is C32H64N2O9. The predicted molar refractivity (Wildman–Crippen MR) is 166 cm³/mol. The van der Waals surface area contributed by atoms with Crippen LogP contribution in [0.25, 0.3) is 0 Å². The van der Waals surface area contributed by atoms with E-state index in [0.29, 0.717) is 19.4 Å². The molecule has 0 spiro atoms. The lowest BCUT2D eigenvalue weighted by molar-refractivity contribution is -0.270. The van der Waals surface area contributed by atoms with Crippen molar-refractivity contribution < 1.29 is 44.5 Å². The molecular weight excluding hydrogens is 556 g/mol. The summed E-state index contributed by atoms with van der Waals surface area (Å²) in [5, 5.41) is 54.2. The molecule has 1 fully saturated rings. The molecule has 0 aromatic heterocycles. The smallest absolute Gasteiger partial charge is 0.313 e. The number of carbonyl (C=O) groups excluding carboxylic acids is 1. The summed E-state index contributed by atoms with van der Waals surface area (Å²) in [7, 11) is 1.93. The fourth-order valence-electron chi connectivity index (χ4n) is 6.43. The summed E-state index contributed by atoms with van der Waals surface area (Å²) in [5.74, 6) is -2.34. The third-order valence-electron chi connectivity index (χ3n) is 9.42. The summed E-state index contributed by atoms with van der Waals surface area (Å²) >= 11 is 0. The molecule has 0 aromatic carbocycles. The van der Waals surface area contributed by atoms with E-state index in [1.54, 1.807) is 34.6 Å². The Morgan fingerprint density at radius 2 is 1.63 bits per heavy atom. The van der Waals surface area contributed by atoms with Crippen LogP contribution in [0.5, 0.6) is 0 Å². The number of ether oxygens (including phenoxy) is 3. The van der Waals surface area contributed by atoms with Crippen LogP contribution in [0, 0.1) is 17.8 Å². The van der Waals surface area contributed by atoms with Gasteiger partial charge in [0, 0.05) is 37.4 Å². The number of rotatable bonds is 19. The Labute approximate surface area is 260 Å². The molecule has 0 saturated carbocycles. The van der Waals surface area contributed by atoms with Crippen LogP contribution in [-0.2, 0) is 19.0 Å². The lowest BCUT2D eigenvalue weighted by Crippen LogP contribution is -2.57. The molecule has 0 bridgehead atoms.